The maximum absolute atomic E-state index is 13.0. The largest absolute Gasteiger partial charge is 0.490 e. The molecule has 0 radical (unpaired) electrons. The van der Waals surface area contributed by atoms with E-state index < -0.39 is 5.60 Å². The van der Waals surface area contributed by atoms with Crippen molar-refractivity contribution >= 4 is 11.6 Å². The minimum Gasteiger partial charge on any atom is -0.490 e. The topological polar surface area (TPSA) is 47.6 Å². The van der Waals surface area contributed by atoms with E-state index in [0.29, 0.717) is 18.6 Å². The van der Waals surface area contributed by atoms with Crippen LogP contribution in [-0.2, 0) is 9.53 Å². The Labute approximate surface area is 157 Å². The minimum absolute atomic E-state index is 0.00182. The Morgan fingerprint density at radius 2 is 1.88 bits per heavy atom. The maximum atomic E-state index is 13.0. The molecule has 2 atom stereocenters. The average molecular weight is 360 g/mol. The molecule has 3 rings (SSSR count). The number of nitrogens with one attached hydrogen (secondary N) is 1. The van der Waals surface area contributed by atoms with E-state index in [-0.39, 0.29) is 5.91 Å². The van der Waals surface area contributed by atoms with Crippen LogP contribution in [0, 0.1) is 5.92 Å². The maximum Gasteiger partial charge on any atom is 0.256 e. The lowest BCUT2D eigenvalue weighted by atomic mass is 9.78. The van der Waals surface area contributed by atoms with Crippen LogP contribution in [0.2, 0.25) is 0 Å². The summed E-state index contributed by atoms with van der Waals surface area (Å²) in [5.74, 6) is 1.41. The van der Waals surface area contributed by atoms with Crippen LogP contribution in [0.25, 0.3) is 0 Å². The van der Waals surface area contributed by atoms with Crippen molar-refractivity contribution in [1.82, 2.24) is 0 Å². The van der Waals surface area contributed by atoms with Gasteiger partial charge < -0.3 is 14.8 Å². The molecule has 0 spiro atoms. The highest BCUT2D eigenvalue weighted by atomic mass is 16.5. The fraction of sp³-hybridized carbons (Fsp3) is 0.682. The predicted octanol–water partition coefficient (Wildman–Crippen LogP) is 5.32. The number of hydrogen-bond acceptors (Lipinski definition) is 3. The smallest absolute Gasteiger partial charge is 0.256 e. The summed E-state index contributed by atoms with van der Waals surface area (Å²) in [5.41, 5.74) is 0.138. The molecule has 144 valence electrons. The molecule has 0 unspecified atom stereocenters. The number of rotatable bonds is 7. The van der Waals surface area contributed by atoms with Gasteiger partial charge in [-0.1, -0.05) is 20.3 Å². The summed E-state index contributed by atoms with van der Waals surface area (Å²) in [4.78, 5) is 13.0. The zero-order valence-electron chi connectivity index (χ0n) is 16.3. The molecule has 1 aromatic carbocycles. The number of ether oxygens (including phenoxy) is 2. The number of carbonyl (C=O) groups is 1. The van der Waals surface area contributed by atoms with E-state index in [2.05, 4.69) is 19.2 Å². The molecule has 2 fully saturated rings. The molecule has 2 saturated carbocycles. The summed E-state index contributed by atoms with van der Waals surface area (Å²) in [6.07, 6.45) is 9.94. The fourth-order valence-corrected chi connectivity index (χ4v) is 4.26. The van der Waals surface area contributed by atoms with E-state index in [1.807, 2.05) is 24.3 Å². The first kappa shape index (κ1) is 19.2. The van der Waals surface area contributed by atoms with Gasteiger partial charge in [-0.2, -0.15) is 0 Å². The van der Waals surface area contributed by atoms with Crippen LogP contribution in [0.15, 0.2) is 24.3 Å². The Balaban J connectivity index is 1.62. The normalized spacial score (nSPS) is 26.6. The summed E-state index contributed by atoms with van der Waals surface area (Å²) < 4.78 is 12.1. The van der Waals surface area contributed by atoms with Crippen LogP contribution in [0.1, 0.15) is 71.6 Å². The van der Waals surface area contributed by atoms with Crippen molar-refractivity contribution < 1.29 is 14.3 Å². The molecule has 0 heterocycles. The van der Waals surface area contributed by atoms with Crippen molar-refractivity contribution in [3.8, 4) is 5.75 Å². The monoisotopic (exact) mass is 359 g/mol. The minimum atomic E-state index is -0.674. The van der Waals surface area contributed by atoms with E-state index >= 15 is 0 Å². The van der Waals surface area contributed by atoms with Crippen molar-refractivity contribution in [1.29, 1.82) is 0 Å². The number of amides is 1. The number of anilines is 1. The van der Waals surface area contributed by atoms with Gasteiger partial charge in [-0.15, -0.1) is 0 Å². The van der Waals surface area contributed by atoms with Crippen LogP contribution >= 0.6 is 0 Å². The Kier molecular flexibility index (Phi) is 6.58. The zero-order chi connectivity index (χ0) is 18.4. The summed E-state index contributed by atoms with van der Waals surface area (Å²) in [6, 6.07) is 7.78. The highest BCUT2D eigenvalue weighted by Crippen LogP contribution is 2.36. The fourth-order valence-electron chi connectivity index (χ4n) is 4.26. The molecule has 0 saturated heterocycles. The Hall–Kier alpha value is -1.55. The van der Waals surface area contributed by atoms with Gasteiger partial charge in [0.1, 0.15) is 11.4 Å². The third-order valence-electron chi connectivity index (χ3n) is 5.67. The van der Waals surface area contributed by atoms with Crippen LogP contribution in [0.3, 0.4) is 0 Å². The number of benzene rings is 1. The molecule has 2 aliphatic rings. The van der Waals surface area contributed by atoms with Crippen LogP contribution in [-0.4, -0.2) is 24.2 Å². The second-order valence-corrected chi connectivity index (χ2v) is 8.05. The third kappa shape index (κ3) is 4.79. The van der Waals surface area contributed by atoms with E-state index in [1.165, 1.54) is 19.3 Å². The molecule has 1 aromatic rings. The van der Waals surface area contributed by atoms with Crippen molar-refractivity contribution in [2.45, 2.75) is 83.3 Å². The van der Waals surface area contributed by atoms with Gasteiger partial charge in [0.05, 0.1) is 6.10 Å². The van der Waals surface area contributed by atoms with E-state index in [9.17, 15) is 4.79 Å². The van der Waals surface area contributed by atoms with Crippen molar-refractivity contribution in [3.63, 3.8) is 0 Å². The van der Waals surface area contributed by atoms with Crippen LogP contribution in [0.4, 0.5) is 5.69 Å². The van der Waals surface area contributed by atoms with Crippen molar-refractivity contribution in [2.75, 3.05) is 11.9 Å². The number of hydrogen-bond donors (Lipinski definition) is 1. The van der Waals surface area contributed by atoms with Crippen molar-refractivity contribution in [3.05, 3.63) is 24.3 Å². The standard InChI is InChI=1S/C22H33NO3/c1-3-15-25-22(14-6-7-17(2)16-22)21(24)23-18-10-12-20(13-11-18)26-19-8-4-5-9-19/h10-13,17,19H,3-9,14-16H2,1-2H3,(H,23,24)/t17-,22+/m1/s1. The SMILES string of the molecule is CCCO[C@@]1(C(=O)Nc2ccc(OC3CCCC3)cc2)CCC[C@@H](C)C1. The first-order chi connectivity index (χ1) is 12.6. The zero-order valence-corrected chi connectivity index (χ0v) is 16.3. The van der Waals surface area contributed by atoms with Gasteiger partial charge >= 0.3 is 0 Å². The summed E-state index contributed by atoms with van der Waals surface area (Å²) in [5, 5.41) is 3.08. The van der Waals surface area contributed by atoms with Crippen LogP contribution < -0.4 is 10.1 Å². The quantitative estimate of drug-likeness (QED) is 0.716. The van der Waals surface area contributed by atoms with Crippen LogP contribution in [0.5, 0.6) is 5.75 Å². The summed E-state index contributed by atoms with van der Waals surface area (Å²) in [6.45, 7) is 4.93. The first-order valence-electron chi connectivity index (χ1n) is 10.3. The first-order valence-corrected chi connectivity index (χ1v) is 10.3. The predicted molar refractivity (Wildman–Crippen MR) is 105 cm³/mol. The van der Waals surface area contributed by atoms with Crippen molar-refractivity contribution in [2.24, 2.45) is 5.92 Å². The van der Waals surface area contributed by atoms with E-state index in [1.54, 1.807) is 0 Å². The van der Waals surface area contributed by atoms with E-state index in [4.69, 9.17) is 9.47 Å². The van der Waals surface area contributed by atoms with E-state index in [0.717, 1.165) is 50.0 Å². The van der Waals surface area contributed by atoms with Gasteiger partial charge in [0.2, 0.25) is 0 Å². The van der Waals surface area contributed by atoms with Gasteiger partial charge in [0.25, 0.3) is 5.91 Å². The second-order valence-electron chi connectivity index (χ2n) is 8.05. The molecule has 0 aromatic heterocycles. The lowest BCUT2D eigenvalue weighted by Gasteiger charge is -2.38. The summed E-state index contributed by atoms with van der Waals surface area (Å²) in [7, 11) is 0. The van der Waals surface area contributed by atoms with Gasteiger partial charge in [-0.3, -0.25) is 4.79 Å². The third-order valence-corrected chi connectivity index (χ3v) is 5.67. The molecule has 2 aliphatic carbocycles. The Morgan fingerprint density at radius 3 is 2.54 bits per heavy atom. The highest BCUT2D eigenvalue weighted by molar-refractivity contribution is 5.97. The van der Waals surface area contributed by atoms with Gasteiger partial charge in [-0.25, -0.2) is 0 Å². The lowest BCUT2D eigenvalue weighted by molar-refractivity contribution is -0.148. The molecule has 1 amide bonds. The Morgan fingerprint density at radius 1 is 1.15 bits per heavy atom. The molecular formula is C22H33NO3. The molecule has 0 aliphatic heterocycles. The molecule has 26 heavy (non-hydrogen) atoms. The van der Waals surface area contributed by atoms with Gasteiger partial charge in [-0.05, 0) is 81.5 Å². The highest BCUT2D eigenvalue weighted by Gasteiger charge is 2.42. The second kappa shape index (κ2) is 8.90. The molecule has 4 nitrogen and oxygen atoms in total. The van der Waals surface area contributed by atoms with Gasteiger partial charge in [0, 0.05) is 12.3 Å². The number of carbonyl (C=O) groups excluding carboxylic acids is 1. The molecule has 4 heteroatoms. The average Bonchev–Trinajstić information content (AvgIpc) is 3.14. The summed E-state index contributed by atoms with van der Waals surface area (Å²) >= 11 is 0. The Bertz CT molecular complexity index is 580. The van der Waals surface area contributed by atoms with Gasteiger partial charge in [0.15, 0.2) is 0 Å². The molecule has 1 N–H and O–H groups in total. The molecular weight excluding hydrogens is 326 g/mol. The lowest BCUT2D eigenvalue weighted by Crippen LogP contribution is -2.48. The molecule has 0 bridgehead atoms.